The van der Waals surface area contributed by atoms with E-state index in [9.17, 15) is 0 Å². The number of pyridine rings is 1. The lowest BCUT2D eigenvalue weighted by molar-refractivity contribution is 0.185. The second-order valence-electron chi connectivity index (χ2n) is 3.40. The molecular weight excluding hydrogens is 188 g/mol. The van der Waals surface area contributed by atoms with E-state index in [0.29, 0.717) is 6.61 Å². The molecule has 0 fully saturated rings. The molecule has 0 radical (unpaired) electrons. The number of hydrogen-bond acceptors (Lipinski definition) is 3. The number of methoxy groups -OCH3 is 1. The first-order valence-electron chi connectivity index (χ1n) is 4.89. The number of aromatic nitrogens is 1. The average molecular weight is 202 g/mol. The Morgan fingerprint density at radius 2 is 2.20 bits per heavy atom. The van der Waals surface area contributed by atoms with E-state index in [1.165, 1.54) is 5.39 Å². The van der Waals surface area contributed by atoms with E-state index in [0.717, 1.165) is 16.8 Å². The third-order valence-electron chi connectivity index (χ3n) is 2.38. The normalized spacial score (nSPS) is 10.5. The summed E-state index contributed by atoms with van der Waals surface area (Å²) in [6, 6.07) is 8.28. The lowest BCUT2D eigenvalue weighted by atomic mass is 10.1. The van der Waals surface area contributed by atoms with Crippen LogP contribution in [-0.2, 0) is 11.3 Å². The van der Waals surface area contributed by atoms with Crippen LogP contribution in [0.5, 0.6) is 0 Å². The molecule has 1 aromatic carbocycles. The smallest absolute Gasteiger partial charge is 0.133 e. The Hall–Kier alpha value is -1.61. The molecule has 78 valence electrons. The largest absolute Gasteiger partial charge is 0.380 e. The van der Waals surface area contributed by atoms with Gasteiger partial charge in [0.25, 0.3) is 0 Å². The summed E-state index contributed by atoms with van der Waals surface area (Å²) in [6.07, 6.45) is 1.81. The van der Waals surface area contributed by atoms with Crippen LogP contribution in [0, 0.1) is 0 Å². The molecule has 0 unspecified atom stereocenters. The van der Waals surface area contributed by atoms with Crippen LogP contribution in [0.3, 0.4) is 0 Å². The number of rotatable bonds is 3. The highest BCUT2D eigenvalue weighted by atomic mass is 16.5. The van der Waals surface area contributed by atoms with Crippen molar-refractivity contribution in [3.63, 3.8) is 0 Å². The molecule has 2 rings (SSSR count). The fourth-order valence-electron chi connectivity index (χ4n) is 1.67. The molecule has 0 aliphatic heterocycles. The Kier molecular flexibility index (Phi) is 2.83. The summed E-state index contributed by atoms with van der Waals surface area (Å²) in [5, 5.41) is 5.41. The minimum absolute atomic E-state index is 0.633. The fraction of sp³-hybridized carbons (Fsp3) is 0.250. The number of fused-ring (bicyclic) bond motifs is 1. The second kappa shape index (κ2) is 4.28. The number of ether oxygens (including phenoxy) is 1. The summed E-state index contributed by atoms with van der Waals surface area (Å²) >= 11 is 0. The van der Waals surface area contributed by atoms with Gasteiger partial charge in [-0.25, -0.2) is 4.98 Å². The van der Waals surface area contributed by atoms with Crippen molar-refractivity contribution < 1.29 is 4.74 Å². The van der Waals surface area contributed by atoms with Crippen LogP contribution < -0.4 is 5.32 Å². The Morgan fingerprint density at radius 3 is 2.93 bits per heavy atom. The van der Waals surface area contributed by atoms with E-state index >= 15 is 0 Å². The monoisotopic (exact) mass is 202 g/mol. The zero-order valence-electron chi connectivity index (χ0n) is 8.95. The molecule has 3 heteroatoms. The van der Waals surface area contributed by atoms with Crippen LogP contribution in [0.15, 0.2) is 30.5 Å². The standard InChI is InChI=1S/C12H14N2O/c1-13-12-11-7-9(8-15-2)3-4-10(11)5-6-14-12/h3-7H,8H2,1-2H3,(H,13,14). The van der Waals surface area contributed by atoms with Crippen molar-refractivity contribution in [1.29, 1.82) is 0 Å². The molecule has 0 aliphatic carbocycles. The van der Waals surface area contributed by atoms with E-state index in [4.69, 9.17) is 4.74 Å². The minimum Gasteiger partial charge on any atom is -0.380 e. The molecule has 3 nitrogen and oxygen atoms in total. The Bertz CT molecular complexity index is 468. The molecule has 1 N–H and O–H groups in total. The molecule has 0 saturated carbocycles. The van der Waals surface area contributed by atoms with Gasteiger partial charge in [0.2, 0.25) is 0 Å². The first kappa shape index (κ1) is 9.93. The Morgan fingerprint density at radius 1 is 1.33 bits per heavy atom. The van der Waals surface area contributed by atoms with Gasteiger partial charge in [0.1, 0.15) is 5.82 Å². The van der Waals surface area contributed by atoms with Gasteiger partial charge in [-0.05, 0) is 23.1 Å². The minimum atomic E-state index is 0.633. The predicted octanol–water partition coefficient (Wildman–Crippen LogP) is 2.42. The van der Waals surface area contributed by atoms with Gasteiger partial charge < -0.3 is 10.1 Å². The van der Waals surface area contributed by atoms with Gasteiger partial charge in [0, 0.05) is 25.7 Å². The van der Waals surface area contributed by atoms with Crippen molar-refractivity contribution in [2.24, 2.45) is 0 Å². The summed E-state index contributed by atoms with van der Waals surface area (Å²) < 4.78 is 5.11. The van der Waals surface area contributed by atoms with E-state index in [1.54, 1.807) is 7.11 Å². The maximum atomic E-state index is 5.11. The molecule has 1 heterocycles. The highest BCUT2D eigenvalue weighted by Gasteiger charge is 2.01. The van der Waals surface area contributed by atoms with Crippen molar-refractivity contribution in [2.45, 2.75) is 6.61 Å². The van der Waals surface area contributed by atoms with Crippen LogP contribution in [-0.4, -0.2) is 19.1 Å². The van der Waals surface area contributed by atoms with Gasteiger partial charge in [0.05, 0.1) is 6.61 Å². The zero-order chi connectivity index (χ0) is 10.7. The first-order valence-corrected chi connectivity index (χ1v) is 4.89. The fourth-order valence-corrected chi connectivity index (χ4v) is 1.67. The Balaban J connectivity index is 2.57. The van der Waals surface area contributed by atoms with Crippen LogP contribution in [0.4, 0.5) is 5.82 Å². The number of benzene rings is 1. The highest BCUT2D eigenvalue weighted by molar-refractivity contribution is 5.92. The molecule has 0 amide bonds. The van der Waals surface area contributed by atoms with Gasteiger partial charge >= 0.3 is 0 Å². The maximum absolute atomic E-state index is 5.11. The zero-order valence-corrected chi connectivity index (χ0v) is 8.95. The van der Waals surface area contributed by atoms with Crippen molar-refractivity contribution in [3.05, 3.63) is 36.0 Å². The van der Waals surface area contributed by atoms with Gasteiger partial charge in [-0.2, -0.15) is 0 Å². The van der Waals surface area contributed by atoms with Crippen LogP contribution >= 0.6 is 0 Å². The van der Waals surface area contributed by atoms with E-state index in [1.807, 2.05) is 19.3 Å². The van der Waals surface area contributed by atoms with Crippen molar-refractivity contribution in [1.82, 2.24) is 4.98 Å². The quantitative estimate of drug-likeness (QED) is 0.830. The highest BCUT2D eigenvalue weighted by Crippen LogP contribution is 2.22. The van der Waals surface area contributed by atoms with Crippen LogP contribution in [0.1, 0.15) is 5.56 Å². The summed E-state index contributed by atoms with van der Waals surface area (Å²) in [6.45, 7) is 0.633. The molecule has 2 aromatic rings. The lowest BCUT2D eigenvalue weighted by Crippen LogP contribution is -1.94. The van der Waals surface area contributed by atoms with E-state index < -0.39 is 0 Å². The molecule has 1 aromatic heterocycles. The van der Waals surface area contributed by atoms with Gasteiger partial charge in [-0.15, -0.1) is 0 Å². The molecule has 0 bridgehead atoms. The van der Waals surface area contributed by atoms with E-state index in [2.05, 4.69) is 28.5 Å². The van der Waals surface area contributed by atoms with Crippen LogP contribution in [0.2, 0.25) is 0 Å². The number of nitrogens with one attached hydrogen (secondary N) is 1. The third-order valence-corrected chi connectivity index (χ3v) is 2.38. The number of anilines is 1. The maximum Gasteiger partial charge on any atom is 0.133 e. The average Bonchev–Trinajstić information content (AvgIpc) is 2.28. The molecule has 0 atom stereocenters. The SMILES string of the molecule is CNc1nccc2ccc(COC)cc12. The van der Waals surface area contributed by atoms with Gasteiger partial charge in [-0.3, -0.25) is 0 Å². The van der Waals surface area contributed by atoms with Crippen LogP contribution in [0.25, 0.3) is 10.8 Å². The van der Waals surface area contributed by atoms with Crippen molar-refractivity contribution in [3.8, 4) is 0 Å². The molecule has 0 aliphatic rings. The third kappa shape index (κ3) is 1.92. The molecule has 15 heavy (non-hydrogen) atoms. The molecule has 0 spiro atoms. The second-order valence-corrected chi connectivity index (χ2v) is 3.40. The summed E-state index contributed by atoms with van der Waals surface area (Å²) in [5.41, 5.74) is 1.16. The van der Waals surface area contributed by atoms with Crippen molar-refractivity contribution >= 4 is 16.6 Å². The number of hydrogen-bond donors (Lipinski definition) is 1. The predicted molar refractivity (Wildman–Crippen MR) is 62.0 cm³/mol. The molecular formula is C12H14N2O. The first-order chi connectivity index (χ1) is 7.35. The van der Waals surface area contributed by atoms with E-state index in [-0.39, 0.29) is 0 Å². The van der Waals surface area contributed by atoms with Gasteiger partial charge in [-0.1, -0.05) is 12.1 Å². The Labute approximate surface area is 89.1 Å². The summed E-state index contributed by atoms with van der Waals surface area (Å²) in [5.74, 6) is 0.908. The lowest BCUT2D eigenvalue weighted by Gasteiger charge is -2.06. The van der Waals surface area contributed by atoms with Gasteiger partial charge in [0.15, 0.2) is 0 Å². The summed E-state index contributed by atoms with van der Waals surface area (Å²) in [4.78, 5) is 4.27. The molecule has 0 saturated heterocycles. The summed E-state index contributed by atoms with van der Waals surface area (Å²) in [7, 11) is 3.58. The van der Waals surface area contributed by atoms with Crippen molar-refractivity contribution in [2.75, 3.05) is 19.5 Å². The topological polar surface area (TPSA) is 34.2 Å². The number of nitrogens with zero attached hydrogens (tertiary/aromatic N) is 1.